The van der Waals surface area contributed by atoms with Crippen LogP contribution in [0.15, 0.2) is 78.4 Å². The predicted octanol–water partition coefficient (Wildman–Crippen LogP) is 5.51. The normalized spacial score (nSPS) is 16.7. The quantitative estimate of drug-likeness (QED) is 0.185. The number of amides is 1. The fraction of sp³-hybridized carbons (Fsp3) is 0.258. The average Bonchev–Trinajstić information content (AvgIpc) is 3.14. The molecule has 0 radical (unpaired) electrons. The molecule has 1 N–H and O–H groups in total. The third kappa shape index (κ3) is 5.62. The molecular weight excluding hydrogens is 482 g/mol. The van der Waals surface area contributed by atoms with Crippen LogP contribution in [0, 0.1) is 6.92 Å². The van der Waals surface area contributed by atoms with Crippen molar-refractivity contribution in [2.45, 2.75) is 46.3 Å². The molecule has 4 rings (SSSR count). The topological polar surface area (TPSA) is 93.1 Å². The molecule has 0 saturated carbocycles. The Morgan fingerprint density at radius 3 is 2.29 bits per heavy atom. The number of ether oxygens (including phenoxy) is 2. The molecule has 38 heavy (non-hydrogen) atoms. The van der Waals surface area contributed by atoms with Gasteiger partial charge in [-0.2, -0.15) is 0 Å². The van der Waals surface area contributed by atoms with Crippen molar-refractivity contribution in [1.82, 2.24) is 0 Å². The number of aryl methyl sites for hydroxylation is 1. The largest absolute Gasteiger partial charge is 0.507 e. The first-order valence-electron chi connectivity index (χ1n) is 12.6. The van der Waals surface area contributed by atoms with Gasteiger partial charge >= 0.3 is 5.97 Å². The van der Waals surface area contributed by atoms with Gasteiger partial charge in [0, 0.05) is 11.3 Å². The van der Waals surface area contributed by atoms with Gasteiger partial charge in [0.25, 0.3) is 11.7 Å². The van der Waals surface area contributed by atoms with E-state index in [0.29, 0.717) is 29.2 Å². The number of Topliss-reactive ketones (excluding diaryl/α,β-unsaturated/α-hetero) is 1. The molecule has 3 aromatic carbocycles. The van der Waals surface area contributed by atoms with Crippen molar-refractivity contribution < 1.29 is 29.0 Å². The molecule has 3 aromatic rings. The van der Waals surface area contributed by atoms with Gasteiger partial charge in [0.2, 0.25) is 0 Å². The highest BCUT2D eigenvalue weighted by atomic mass is 16.5. The Hall–Kier alpha value is -4.39. The maximum absolute atomic E-state index is 13.4. The van der Waals surface area contributed by atoms with Gasteiger partial charge in [0.1, 0.15) is 11.5 Å². The summed E-state index contributed by atoms with van der Waals surface area (Å²) < 4.78 is 10.7. The molecule has 0 aromatic heterocycles. The molecule has 1 atom stereocenters. The number of nitrogens with zero attached hydrogens (tertiary/aromatic N) is 1. The Kier molecular flexibility index (Phi) is 7.96. The first-order chi connectivity index (χ1) is 18.2. The standard InChI is InChI=1S/C31H31NO6/c1-5-37-25-15-11-22(12-16-25)29(34)27-28(23-8-6-7-20(4)17-23)32(31(36)30(27)35)24-13-9-21(10-14-24)18-26(33)38-19(2)3/h6-17,19,28,34H,5,18H2,1-4H3/b29-27-. The highest BCUT2D eigenvalue weighted by Gasteiger charge is 2.47. The highest BCUT2D eigenvalue weighted by Crippen LogP contribution is 2.42. The lowest BCUT2D eigenvalue weighted by atomic mass is 9.94. The maximum atomic E-state index is 13.4. The van der Waals surface area contributed by atoms with Crippen LogP contribution in [0.3, 0.4) is 0 Å². The van der Waals surface area contributed by atoms with Crippen molar-refractivity contribution in [3.05, 3.63) is 101 Å². The predicted molar refractivity (Wildman–Crippen MR) is 145 cm³/mol. The molecule has 1 unspecified atom stereocenters. The van der Waals surface area contributed by atoms with Crippen molar-refractivity contribution in [2.75, 3.05) is 11.5 Å². The lowest BCUT2D eigenvalue weighted by Gasteiger charge is -2.26. The van der Waals surface area contributed by atoms with E-state index in [9.17, 15) is 19.5 Å². The molecule has 196 valence electrons. The van der Waals surface area contributed by atoms with Gasteiger partial charge in [-0.1, -0.05) is 42.0 Å². The van der Waals surface area contributed by atoms with Gasteiger partial charge in [-0.25, -0.2) is 0 Å². The number of hydrogen-bond acceptors (Lipinski definition) is 6. The number of aliphatic hydroxyl groups excluding tert-OH is 1. The summed E-state index contributed by atoms with van der Waals surface area (Å²) in [7, 11) is 0. The first kappa shape index (κ1) is 26.7. The van der Waals surface area contributed by atoms with Gasteiger partial charge < -0.3 is 14.6 Å². The molecule has 1 saturated heterocycles. The second-order valence-electron chi connectivity index (χ2n) is 9.42. The molecule has 7 nitrogen and oxygen atoms in total. The smallest absolute Gasteiger partial charge is 0.310 e. The lowest BCUT2D eigenvalue weighted by molar-refractivity contribution is -0.146. The van der Waals surface area contributed by atoms with Crippen LogP contribution in [0.2, 0.25) is 0 Å². The van der Waals surface area contributed by atoms with Crippen LogP contribution in [0.5, 0.6) is 5.75 Å². The summed E-state index contributed by atoms with van der Waals surface area (Å²) in [5, 5.41) is 11.3. The number of hydrogen-bond donors (Lipinski definition) is 1. The molecule has 1 fully saturated rings. The molecule has 0 bridgehead atoms. The zero-order chi connectivity index (χ0) is 27.4. The Labute approximate surface area is 222 Å². The van der Waals surface area contributed by atoms with Crippen LogP contribution < -0.4 is 9.64 Å². The number of aliphatic hydroxyl groups is 1. The average molecular weight is 514 g/mol. The Balaban J connectivity index is 1.76. The summed E-state index contributed by atoms with van der Waals surface area (Å²) in [6.45, 7) is 7.88. The number of benzene rings is 3. The van der Waals surface area contributed by atoms with Crippen molar-refractivity contribution >= 4 is 29.1 Å². The molecule has 1 heterocycles. The van der Waals surface area contributed by atoms with E-state index in [1.54, 1.807) is 62.4 Å². The number of rotatable bonds is 8. The minimum Gasteiger partial charge on any atom is -0.507 e. The molecule has 1 aliphatic heterocycles. The Bertz CT molecular complexity index is 1370. The molecule has 1 aliphatic rings. The first-order valence-corrected chi connectivity index (χ1v) is 12.6. The SMILES string of the molecule is CCOc1ccc(/C(O)=C2/C(=O)C(=O)N(c3ccc(CC(=O)OC(C)C)cc3)C2c2cccc(C)c2)cc1. The number of carbonyl (C=O) groups excluding carboxylic acids is 3. The Morgan fingerprint density at radius 2 is 1.68 bits per heavy atom. The summed E-state index contributed by atoms with van der Waals surface area (Å²) in [6, 6.07) is 20.3. The number of ketones is 1. The molecular formula is C31H31NO6. The lowest BCUT2D eigenvalue weighted by Crippen LogP contribution is -2.29. The van der Waals surface area contributed by atoms with E-state index in [1.807, 2.05) is 38.1 Å². The number of esters is 1. The summed E-state index contributed by atoms with van der Waals surface area (Å²) >= 11 is 0. The van der Waals surface area contributed by atoms with Gasteiger partial charge in [-0.05, 0) is 75.2 Å². The highest BCUT2D eigenvalue weighted by molar-refractivity contribution is 6.51. The van der Waals surface area contributed by atoms with E-state index in [1.165, 1.54) is 4.90 Å². The zero-order valence-electron chi connectivity index (χ0n) is 21.9. The van der Waals surface area contributed by atoms with E-state index in [0.717, 1.165) is 11.1 Å². The van der Waals surface area contributed by atoms with E-state index in [4.69, 9.17) is 9.47 Å². The molecule has 0 spiro atoms. The molecule has 7 heteroatoms. The monoisotopic (exact) mass is 513 g/mol. The van der Waals surface area contributed by atoms with Gasteiger partial charge in [0.15, 0.2) is 0 Å². The summed E-state index contributed by atoms with van der Waals surface area (Å²) in [5.74, 6) is -1.47. The Morgan fingerprint density at radius 1 is 1.00 bits per heavy atom. The van der Waals surface area contributed by atoms with E-state index < -0.39 is 17.7 Å². The fourth-order valence-electron chi connectivity index (χ4n) is 4.53. The number of anilines is 1. The van der Waals surface area contributed by atoms with Crippen LogP contribution in [0.4, 0.5) is 5.69 Å². The fourth-order valence-corrected chi connectivity index (χ4v) is 4.53. The van der Waals surface area contributed by atoms with Crippen molar-refractivity contribution in [2.24, 2.45) is 0 Å². The second-order valence-corrected chi connectivity index (χ2v) is 9.42. The van der Waals surface area contributed by atoms with Gasteiger partial charge in [-0.3, -0.25) is 19.3 Å². The van der Waals surface area contributed by atoms with Crippen LogP contribution >= 0.6 is 0 Å². The minimum atomic E-state index is -0.835. The van der Waals surface area contributed by atoms with E-state index in [-0.39, 0.29) is 29.8 Å². The van der Waals surface area contributed by atoms with Crippen molar-refractivity contribution in [3.8, 4) is 5.75 Å². The van der Waals surface area contributed by atoms with Crippen LogP contribution in [0.1, 0.15) is 49.1 Å². The van der Waals surface area contributed by atoms with Crippen LogP contribution in [-0.2, 0) is 25.5 Å². The van der Waals surface area contributed by atoms with Crippen molar-refractivity contribution in [3.63, 3.8) is 0 Å². The van der Waals surface area contributed by atoms with Crippen LogP contribution in [0.25, 0.3) is 5.76 Å². The third-order valence-electron chi connectivity index (χ3n) is 6.17. The van der Waals surface area contributed by atoms with Crippen LogP contribution in [-0.4, -0.2) is 35.5 Å². The summed E-state index contributed by atoms with van der Waals surface area (Å²) in [6.07, 6.45) is -0.116. The molecule has 0 aliphatic carbocycles. The van der Waals surface area contributed by atoms with Crippen molar-refractivity contribution in [1.29, 1.82) is 0 Å². The molecule has 1 amide bonds. The minimum absolute atomic E-state index is 0.00866. The summed E-state index contributed by atoms with van der Waals surface area (Å²) in [5.41, 5.74) is 3.26. The zero-order valence-corrected chi connectivity index (χ0v) is 21.9. The summed E-state index contributed by atoms with van der Waals surface area (Å²) in [4.78, 5) is 40.2. The number of carbonyl (C=O) groups is 3. The van der Waals surface area contributed by atoms with Gasteiger partial charge in [0.05, 0.1) is 30.7 Å². The maximum Gasteiger partial charge on any atom is 0.310 e. The second kappa shape index (κ2) is 11.3. The third-order valence-corrected chi connectivity index (χ3v) is 6.17. The van der Waals surface area contributed by atoms with Gasteiger partial charge in [-0.15, -0.1) is 0 Å². The van der Waals surface area contributed by atoms with E-state index in [2.05, 4.69) is 0 Å². The van der Waals surface area contributed by atoms with E-state index >= 15 is 0 Å².